The molecular formula is C38H39N9O5. The quantitative estimate of drug-likeness (QED) is 0.247. The Morgan fingerprint density at radius 1 is 0.923 bits per heavy atom. The molecule has 0 spiro atoms. The Kier molecular flexibility index (Phi) is 8.83. The second kappa shape index (κ2) is 13.8. The summed E-state index contributed by atoms with van der Waals surface area (Å²) in [6, 6.07) is 14.7. The second-order valence-corrected chi connectivity index (χ2v) is 14.1. The summed E-state index contributed by atoms with van der Waals surface area (Å²) in [6.07, 6.45) is 8.78. The molecule has 0 saturated carbocycles. The van der Waals surface area contributed by atoms with E-state index >= 15 is 0 Å². The summed E-state index contributed by atoms with van der Waals surface area (Å²) in [5.74, 6) is -1.08. The van der Waals surface area contributed by atoms with Crippen molar-refractivity contribution < 1.29 is 24.0 Å². The number of hydrogen-bond acceptors (Lipinski definition) is 10. The van der Waals surface area contributed by atoms with E-state index in [0.717, 1.165) is 68.1 Å². The van der Waals surface area contributed by atoms with Gasteiger partial charge in [-0.25, -0.2) is 14.6 Å². The number of benzene rings is 2. The molecule has 266 valence electrons. The van der Waals surface area contributed by atoms with Crippen LogP contribution in [0.15, 0.2) is 67.1 Å². The molecule has 2 aromatic carbocycles. The molecule has 0 radical (unpaired) electrons. The van der Waals surface area contributed by atoms with Crippen LogP contribution < -0.4 is 16.0 Å². The highest BCUT2D eigenvalue weighted by atomic mass is 16.2. The van der Waals surface area contributed by atoms with Crippen LogP contribution in [0.5, 0.6) is 0 Å². The lowest BCUT2D eigenvalue weighted by molar-refractivity contribution is -0.136. The minimum atomic E-state index is -0.969. The average molecular weight is 702 g/mol. The van der Waals surface area contributed by atoms with E-state index in [4.69, 9.17) is 5.73 Å². The van der Waals surface area contributed by atoms with E-state index in [1.807, 2.05) is 6.07 Å². The number of piperidine rings is 2. The molecule has 14 heteroatoms. The van der Waals surface area contributed by atoms with E-state index in [9.17, 15) is 24.0 Å². The van der Waals surface area contributed by atoms with Gasteiger partial charge < -0.3 is 15.5 Å². The molecular weight excluding hydrogens is 662 g/mol. The van der Waals surface area contributed by atoms with E-state index in [2.05, 4.69) is 54.4 Å². The molecule has 0 aliphatic carbocycles. The van der Waals surface area contributed by atoms with E-state index in [1.165, 1.54) is 11.8 Å². The first-order valence-electron chi connectivity index (χ1n) is 17.8. The number of rotatable bonds is 9. The Balaban J connectivity index is 0.841. The molecule has 4 aliphatic rings. The Labute approximate surface area is 300 Å². The predicted octanol–water partition coefficient (Wildman–Crippen LogP) is 2.46. The molecule has 4 aliphatic heterocycles. The molecule has 3 N–H and O–H groups in total. The predicted molar refractivity (Wildman–Crippen MR) is 189 cm³/mol. The summed E-state index contributed by atoms with van der Waals surface area (Å²) >= 11 is 0. The molecule has 0 bridgehead atoms. The molecule has 2 unspecified atom stereocenters. The van der Waals surface area contributed by atoms with Crippen molar-refractivity contribution in [1.82, 2.24) is 34.9 Å². The van der Waals surface area contributed by atoms with Crippen LogP contribution in [0.4, 0.5) is 5.69 Å². The van der Waals surface area contributed by atoms with E-state index in [1.54, 1.807) is 35.3 Å². The number of likely N-dealkylation sites (tertiary alicyclic amines) is 1. The zero-order valence-corrected chi connectivity index (χ0v) is 28.6. The van der Waals surface area contributed by atoms with Gasteiger partial charge in [0.1, 0.15) is 11.7 Å². The maximum absolute atomic E-state index is 13.3. The van der Waals surface area contributed by atoms with Crippen LogP contribution in [0.1, 0.15) is 86.0 Å². The fraction of sp³-hybridized carbons (Fsp3) is 0.368. The summed E-state index contributed by atoms with van der Waals surface area (Å²) in [4.78, 5) is 77.3. The second-order valence-electron chi connectivity index (χ2n) is 14.1. The van der Waals surface area contributed by atoms with Gasteiger partial charge in [0, 0.05) is 50.6 Å². The van der Waals surface area contributed by atoms with Crippen LogP contribution in [0, 0.1) is 5.92 Å². The monoisotopic (exact) mass is 701 g/mol. The van der Waals surface area contributed by atoms with Crippen LogP contribution in [-0.4, -0.2) is 97.8 Å². The number of fused-ring (bicyclic) bond motifs is 1. The van der Waals surface area contributed by atoms with Gasteiger partial charge in [-0.3, -0.25) is 34.2 Å². The number of hydrogen-bond donors (Lipinski definition) is 2. The summed E-state index contributed by atoms with van der Waals surface area (Å²) in [5, 5.41) is 6.45. The normalized spacial score (nSPS) is 21.2. The fourth-order valence-electron chi connectivity index (χ4n) is 8.05. The van der Waals surface area contributed by atoms with Gasteiger partial charge in [0.2, 0.25) is 11.8 Å². The number of nitrogens with zero attached hydrogens (tertiary/aromatic N) is 7. The summed E-state index contributed by atoms with van der Waals surface area (Å²) in [6.45, 7) is 4.78. The molecule has 3 fully saturated rings. The number of carbonyl (C=O) groups is 5. The van der Waals surface area contributed by atoms with Crippen LogP contribution in [0.25, 0.3) is 5.82 Å². The first-order chi connectivity index (χ1) is 25.2. The van der Waals surface area contributed by atoms with E-state index < -0.39 is 29.7 Å². The number of primary amides is 1. The molecule has 6 heterocycles. The van der Waals surface area contributed by atoms with Gasteiger partial charge in [0.25, 0.3) is 17.7 Å². The third-order valence-electron chi connectivity index (χ3n) is 10.8. The average Bonchev–Trinajstić information content (AvgIpc) is 3.90. The summed E-state index contributed by atoms with van der Waals surface area (Å²) in [5.41, 5.74) is 10.1. The number of imide groups is 2. The first-order valence-corrected chi connectivity index (χ1v) is 17.8. The zero-order chi connectivity index (χ0) is 35.9. The molecule has 4 aromatic rings. The largest absolute Gasteiger partial charge is 0.371 e. The minimum Gasteiger partial charge on any atom is -0.371 e. The number of carbonyl (C=O) groups excluding carboxylic acids is 5. The number of anilines is 1. The van der Waals surface area contributed by atoms with Crippen LogP contribution in [0.3, 0.4) is 0 Å². The van der Waals surface area contributed by atoms with Crippen molar-refractivity contribution in [1.29, 1.82) is 0 Å². The van der Waals surface area contributed by atoms with Crippen molar-refractivity contribution >= 4 is 35.2 Å². The number of aromatic nitrogens is 4. The topological polar surface area (TPSA) is 177 Å². The van der Waals surface area contributed by atoms with Crippen molar-refractivity contribution in [2.24, 2.45) is 11.7 Å². The maximum Gasteiger partial charge on any atom is 0.269 e. The SMILES string of the molecule is NC(=O)c1ncc(-n2cccn2)nc1Cc1ccc(C2CCN(CC3CCN(c4ccc5c(c4)C(=O)N(C4CCC(=O)NC4=O)C5=O)C3)CC2)cc1. The molecule has 5 amide bonds. The van der Waals surface area contributed by atoms with Crippen molar-refractivity contribution in [3.05, 3.63) is 101 Å². The highest BCUT2D eigenvalue weighted by Crippen LogP contribution is 2.34. The van der Waals surface area contributed by atoms with Crippen molar-refractivity contribution in [3.8, 4) is 5.82 Å². The highest BCUT2D eigenvalue weighted by Gasteiger charge is 2.45. The standard InChI is InChI=1S/C38H39N9O5/c39-35(49)34-30(42-32(20-40-34)46-14-1-13-41-46)18-23-2-4-25(5-3-23)26-11-15-44(16-12-26)21-24-10-17-45(22-24)27-6-7-28-29(19-27)38(52)47(37(28)51)31-8-9-33(48)43-36(31)50/h1-7,13-14,19-20,24,26,31H,8-12,15-18,21-22H2,(H2,39,49)(H,43,48,50). The first kappa shape index (κ1) is 33.4. The highest BCUT2D eigenvalue weighted by molar-refractivity contribution is 6.23. The Morgan fingerprint density at radius 2 is 1.71 bits per heavy atom. The molecule has 8 rings (SSSR count). The van der Waals surface area contributed by atoms with Crippen molar-refractivity contribution in [2.45, 2.75) is 50.5 Å². The Hall–Kier alpha value is -5.76. The minimum absolute atomic E-state index is 0.0946. The van der Waals surface area contributed by atoms with Gasteiger partial charge in [-0.2, -0.15) is 5.10 Å². The van der Waals surface area contributed by atoms with Gasteiger partial charge in [-0.05, 0) is 86.0 Å². The van der Waals surface area contributed by atoms with Crippen LogP contribution in [0.2, 0.25) is 0 Å². The van der Waals surface area contributed by atoms with Gasteiger partial charge in [-0.1, -0.05) is 24.3 Å². The van der Waals surface area contributed by atoms with Gasteiger partial charge in [0.15, 0.2) is 5.82 Å². The molecule has 2 aromatic heterocycles. The summed E-state index contributed by atoms with van der Waals surface area (Å²) in [7, 11) is 0. The lowest BCUT2D eigenvalue weighted by Crippen LogP contribution is -2.54. The van der Waals surface area contributed by atoms with Crippen LogP contribution >= 0.6 is 0 Å². The third-order valence-corrected chi connectivity index (χ3v) is 10.8. The third kappa shape index (κ3) is 6.45. The maximum atomic E-state index is 13.3. The lowest BCUT2D eigenvalue weighted by atomic mass is 9.88. The smallest absolute Gasteiger partial charge is 0.269 e. The van der Waals surface area contributed by atoms with Gasteiger partial charge >= 0.3 is 0 Å². The number of nitrogens with one attached hydrogen (secondary N) is 1. The zero-order valence-electron chi connectivity index (χ0n) is 28.6. The van der Waals surface area contributed by atoms with E-state index in [0.29, 0.717) is 40.9 Å². The molecule has 3 saturated heterocycles. The fourth-order valence-corrected chi connectivity index (χ4v) is 8.05. The van der Waals surface area contributed by atoms with E-state index in [-0.39, 0.29) is 24.4 Å². The molecule has 14 nitrogen and oxygen atoms in total. The molecule has 2 atom stereocenters. The Bertz CT molecular complexity index is 2060. The lowest BCUT2D eigenvalue weighted by Gasteiger charge is -2.34. The van der Waals surface area contributed by atoms with Crippen molar-refractivity contribution in [3.63, 3.8) is 0 Å². The van der Waals surface area contributed by atoms with Gasteiger partial charge in [0.05, 0.1) is 23.0 Å². The Morgan fingerprint density at radius 3 is 2.44 bits per heavy atom. The number of amides is 5. The summed E-state index contributed by atoms with van der Waals surface area (Å²) < 4.78 is 1.60. The number of nitrogens with two attached hydrogens (primary N) is 1. The van der Waals surface area contributed by atoms with Gasteiger partial charge in [-0.15, -0.1) is 0 Å². The molecule has 52 heavy (non-hydrogen) atoms. The van der Waals surface area contributed by atoms with Crippen LogP contribution in [-0.2, 0) is 16.0 Å². The van der Waals surface area contributed by atoms with Crippen molar-refractivity contribution in [2.75, 3.05) is 37.6 Å².